The molecule has 0 spiro atoms. The van der Waals surface area contributed by atoms with Gasteiger partial charge in [-0.2, -0.15) is 0 Å². The lowest BCUT2D eigenvalue weighted by Gasteiger charge is -2.34. The molecule has 2 aromatic carbocycles. The average Bonchev–Trinajstić information content (AvgIpc) is 2.39. The minimum Gasteiger partial charge on any atom is -0.385 e. The van der Waals surface area contributed by atoms with Gasteiger partial charge in [-0.25, -0.2) is 8.78 Å². The van der Waals surface area contributed by atoms with Crippen molar-refractivity contribution in [1.29, 1.82) is 0 Å². The van der Waals surface area contributed by atoms with Crippen LogP contribution in [0.2, 0.25) is 0 Å². The second kappa shape index (κ2) is 4.93. The Morgan fingerprint density at radius 1 is 1.05 bits per heavy atom. The van der Waals surface area contributed by atoms with Crippen LogP contribution in [0.15, 0.2) is 40.9 Å². The highest BCUT2D eigenvalue weighted by atomic mass is 79.9. The smallest absolute Gasteiger partial charge is 0.132 e. The fraction of sp³-hybridized carbons (Fsp3) is 0.250. The summed E-state index contributed by atoms with van der Waals surface area (Å²) in [5.74, 6) is -1.32. The second-order valence-electron chi connectivity index (χ2n) is 5.25. The summed E-state index contributed by atoms with van der Waals surface area (Å²) in [6.45, 7) is 0. The van der Waals surface area contributed by atoms with Crippen molar-refractivity contribution in [2.24, 2.45) is 0 Å². The monoisotopic (exact) mass is 338 g/mol. The summed E-state index contributed by atoms with van der Waals surface area (Å²) in [6.07, 6.45) is 1.44. The van der Waals surface area contributed by atoms with Crippen LogP contribution in [0.5, 0.6) is 0 Å². The Hall–Kier alpha value is -1.26. The van der Waals surface area contributed by atoms with Gasteiger partial charge in [0.2, 0.25) is 0 Å². The minimum absolute atomic E-state index is 0.174. The maximum absolute atomic E-state index is 13.9. The van der Waals surface area contributed by atoms with Gasteiger partial charge in [0, 0.05) is 22.5 Å². The molecule has 1 atom stereocenters. The van der Waals surface area contributed by atoms with E-state index < -0.39 is 17.2 Å². The van der Waals surface area contributed by atoms with Crippen LogP contribution in [0, 0.1) is 11.6 Å². The third-order valence-electron chi connectivity index (χ3n) is 3.89. The molecule has 1 aliphatic rings. The Labute approximate surface area is 124 Å². The predicted octanol–water partition coefficient (Wildman–Crippen LogP) is 4.10. The van der Waals surface area contributed by atoms with Crippen molar-refractivity contribution in [3.63, 3.8) is 0 Å². The van der Waals surface area contributed by atoms with E-state index >= 15 is 0 Å². The van der Waals surface area contributed by atoms with Gasteiger partial charge >= 0.3 is 0 Å². The first-order valence-corrected chi connectivity index (χ1v) is 7.22. The van der Waals surface area contributed by atoms with Crippen LogP contribution in [0.25, 0.3) is 0 Å². The van der Waals surface area contributed by atoms with Crippen LogP contribution in [-0.4, -0.2) is 5.11 Å². The summed E-state index contributed by atoms with van der Waals surface area (Å²) < 4.78 is 27.9. The Kier molecular flexibility index (Phi) is 3.38. The largest absolute Gasteiger partial charge is 0.385 e. The molecule has 1 N–H and O–H groups in total. The van der Waals surface area contributed by atoms with Crippen molar-refractivity contribution < 1.29 is 13.9 Å². The molecule has 0 aromatic heterocycles. The number of aryl methyl sites for hydroxylation is 1. The number of fused-ring (bicyclic) bond motifs is 1. The molecule has 104 valence electrons. The fourth-order valence-corrected chi connectivity index (χ4v) is 3.25. The van der Waals surface area contributed by atoms with Gasteiger partial charge in [0.1, 0.15) is 11.6 Å². The molecular formula is C16H13BrF2O. The summed E-state index contributed by atoms with van der Waals surface area (Å²) in [6, 6.07) is 9.22. The third-order valence-corrected chi connectivity index (χ3v) is 4.38. The van der Waals surface area contributed by atoms with E-state index in [4.69, 9.17) is 0 Å². The number of aliphatic hydroxyl groups is 1. The van der Waals surface area contributed by atoms with Gasteiger partial charge in [-0.3, -0.25) is 0 Å². The van der Waals surface area contributed by atoms with Crippen molar-refractivity contribution in [3.05, 3.63) is 69.2 Å². The summed E-state index contributed by atoms with van der Waals surface area (Å²) in [7, 11) is 0. The van der Waals surface area contributed by atoms with Crippen LogP contribution in [0.3, 0.4) is 0 Å². The first-order valence-electron chi connectivity index (χ1n) is 6.43. The maximum atomic E-state index is 13.9. The second-order valence-corrected chi connectivity index (χ2v) is 6.16. The number of halogens is 3. The van der Waals surface area contributed by atoms with Crippen molar-refractivity contribution in [1.82, 2.24) is 0 Å². The molecule has 0 heterocycles. The van der Waals surface area contributed by atoms with Crippen LogP contribution in [0.1, 0.15) is 23.1 Å². The van der Waals surface area contributed by atoms with Crippen LogP contribution >= 0.6 is 15.9 Å². The Morgan fingerprint density at radius 2 is 1.85 bits per heavy atom. The summed E-state index contributed by atoms with van der Waals surface area (Å²) >= 11 is 3.42. The number of hydrogen-bond donors (Lipinski definition) is 1. The number of rotatable bonds is 1. The zero-order valence-electron chi connectivity index (χ0n) is 10.7. The summed E-state index contributed by atoms with van der Waals surface area (Å²) in [4.78, 5) is 0. The first kappa shape index (κ1) is 13.7. The third kappa shape index (κ3) is 2.38. The predicted molar refractivity (Wildman–Crippen MR) is 76.4 cm³/mol. The minimum atomic E-state index is -1.27. The molecule has 1 aliphatic carbocycles. The Bertz CT molecular complexity index is 672. The quantitative estimate of drug-likeness (QED) is 0.829. The molecular weight excluding hydrogens is 326 g/mol. The lowest BCUT2D eigenvalue weighted by Crippen LogP contribution is -2.34. The average molecular weight is 339 g/mol. The molecule has 0 saturated carbocycles. The van der Waals surface area contributed by atoms with Crippen molar-refractivity contribution in [2.45, 2.75) is 24.9 Å². The van der Waals surface area contributed by atoms with Crippen molar-refractivity contribution in [2.75, 3.05) is 0 Å². The van der Waals surface area contributed by atoms with E-state index in [-0.39, 0.29) is 5.56 Å². The maximum Gasteiger partial charge on any atom is 0.132 e. The molecule has 0 fully saturated rings. The molecule has 1 unspecified atom stereocenters. The molecule has 0 bridgehead atoms. The Balaban J connectivity index is 2.00. The van der Waals surface area contributed by atoms with Gasteiger partial charge in [0.15, 0.2) is 0 Å². The van der Waals surface area contributed by atoms with Gasteiger partial charge in [0.25, 0.3) is 0 Å². The van der Waals surface area contributed by atoms with E-state index in [1.807, 2.05) is 18.2 Å². The lowest BCUT2D eigenvalue weighted by atomic mass is 9.76. The number of benzene rings is 2. The van der Waals surface area contributed by atoms with E-state index in [0.717, 1.165) is 21.7 Å². The van der Waals surface area contributed by atoms with Crippen LogP contribution < -0.4 is 0 Å². The van der Waals surface area contributed by atoms with E-state index in [1.54, 1.807) is 0 Å². The van der Waals surface area contributed by atoms with Gasteiger partial charge in [-0.05, 0) is 42.2 Å². The van der Waals surface area contributed by atoms with Crippen LogP contribution in [-0.2, 0) is 18.4 Å². The molecule has 0 saturated heterocycles. The molecule has 0 radical (unpaired) electrons. The summed E-state index contributed by atoms with van der Waals surface area (Å²) in [5, 5.41) is 10.8. The van der Waals surface area contributed by atoms with E-state index in [9.17, 15) is 13.9 Å². The van der Waals surface area contributed by atoms with Gasteiger partial charge in [-0.1, -0.05) is 28.1 Å². The molecule has 0 aliphatic heterocycles. The van der Waals surface area contributed by atoms with Gasteiger partial charge in [0.05, 0.1) is 5.60 Å². The number of hydrogen-bond acceptors (Lipinski definition) is 1. The standard InChI is InChI=1S/C16H13BrF2O/c17-12-2-1-11-9-16(20,6-5-10(11)7-12)14-4-3-13(18)8-15(14)19/h1-4,7-8,20H,5-6,9H2. The van der Waals surface area contributed by atoms with Crippen LogP contribution in [0.4, 0.5) is 8.78 Å². The molecule has 20 heavy (non-hydrogen) atoms. The molecule has 4 heteroatoms. The highest BCUT2D eigenvalue weighted by molar-refractivity contribution is 9.10. The topological polar surface area (TPSA) is 20.2 Å². The molecule has 1 nitrogen and oxygen atoms in total. The van der Waals surface area contributed by atoms with E-state index in [1.165, 1.54) is 12.1 Å². The zero-order valence-corrected chi connectivity index (χ0v) is 12.3. The molecule has 0 amide bonds. The highest BCUT2D eigenvalue weighted by Crippen LogP contribution is 2.38. The zero-order chi connectivity index (χ0) is 14.3. The van der Waals surface area contributed by atoms with Gasteiger partial charge < -0.3 is 5.11 Å². The first-order chi connectivity index (χ1) is 9.48. The van der Waals surface area contributed by atoms with Gasteiger partial charge in [-0.15, -0.1) is 0 Å². The fourth-order valence-electron chi connectivity index (χ4n) is 2.84. The van der Waals surface area contributed by atoms with Crippen molar-refractivity contribution in [3.8, 4) is 0 Å². The normalized spacial score (nSPS) is 21.6. The highest BCUT2D eigenvalue weighted by Gasteiger charge is 2.36. The van der Waals surface area contributed by atoms with E-state index in [2.05, 4.69) is 15.9 Å². The summed E-state index contributed by atoms with van der Waals surface area (Å²) in [5.41, 5.74) is 1.07. The van der Waals surface area contributed by atoms with Crippen molar-refractivity contribution >= 4 is 15.9 Å². The molecule has 3 rings (SSSR count). The lowest BCUT2D eigenvalue weighted by molar-refractivity contribution is 0.0187. The molecule has 2 aromatic rings. The Morgan fingerprint density at radius 3 is 2.60 bits per heavy atom. The SMILES string of the molecule is OC1(c2ccc(F)cc2F)CCc2cc(Br)ccc2C1. The van der Waals surface area contributed by atoms with E-state index in [0.29, 0.717) is 19.3 Å².